The van der Waals surface area contributed by atoms with E-state index in [9.17, 15) is 14.9 Å². The van der Waals surface area contributed by atoms with Gasteiger partial charge in [0.05, 0.1) is 22.9 Å². The van der Waals surface area contributed by atoms with Gasteiger partial charge in [-0.3, -0.25) is 14.9 Å². The molecule has 0 spiro atoms. The number of non-ortho nitro benzene ring substituents is 1. The number of fused-ring (bicyclic) bond motifs is 1. The van der Waals surface area contributed by atoms with Crippen molar-refractivity contribution in [2.45, 2.75) is 32.1 Å². The van der Waals surface area contributed by atoms with Gasteiger partial charge in [0, 0.05) is 54.7 Å². The average molecular weight is 542 g/mol. The van der Waals surface area contributed by atoms with Gasteiger partial charge in [-0.05, 0) is 59.6 Å². The highest BCUT2D eigenvalue weighted by Gasteiger charge is 2.32. The molecule has 0 atom stereocenters. The third kappa shape index (κ3) is 5.03. The molecule has 6 rings (SSSR count). The number of amides is 1. The van der Waals surface area contributed by atoms with Gasteiger partial charge in [0.25, 0.3) is 0 Å². The molecular formula is C28H27N7O5. The summed E-state index contributed by atoms with van der Waals surface area (Å²) in [5, 5.41) is 24.8. The highest BCUT2D eigenvalue weighted by Crippen LogP contribution is 2.34. The number of allylic oxidation sites excluding steroid dienone is 1. The Morgan fingerprint density at radius 2 is 1.88 bits per heavy atom. The van der Waals surface area contributed by atoms with Gasteiger partial charge < -0.3 is 20.3 Å². The summed E-state index contributed by atoms with van der Waals surface area (Å²) in [7, 11) is 0. The van der Waals surface area contributed by atoms with E-state index in [2.05, 4.69) is 30.8 Å². The van der Waals surface area contributed by atoms with Crippen LogP contribution in [-0.4, -0.2) is 51.6 Å². The lowest BCUT2D eigenvalue weighted by Crippen LogP contribution is -2.31. The summed E-state index contributed by atoms with van der Waals surface area (Å²) in [6.45, 7) is 2.11. The molecule has 1 aromatic heterocycles. The van der Waals surface area contributed by atoms with Gasteiger partial charge in [0.2, 0.25) is 11.4 Å². The van der Waals surface area contributed by atoms with Crippen LogP contribution >= 0.6 is 0 Å². The van der Waals surface area contributed by atoms with Crippen molar-refractivity contribution in [2.75, 3.05) is 25.0 Å². The number of nitrogens with one attached hydrogen (secondary N) is 2. The number of hydrogen-bond acceptors (Lipinski definition) is 10. The molecule has 0 aliphatic carbocycles. The highest BCUT2D eigenvalue weighted by molar-refractivity contribution is 6.03. The summed E-state index contributed by atoms with van der Waals surface area (Å²) < 4.78 is 10.6. The third-order valence-corrected chi connectivity index (χ3v) is 7.04. The number of ether oxygens (including phenoxy) is 1. The van der Waals surface area contributed by atoms with E-state index in [0.29, 0.717) is 24.4 Å². The monoisotopic (exact) mass is 541 g/mol. The van der Waals surface area contributed by atoms with Gasteiger partial charge in [0.15, 0.2) is 5.52 Å². The van der Waals surface area contributed by atoms with Crippen molar-refractivity contribution < 1.29 is 19.1 Å². The van der Waals surface area contributed by atoms with Crippen molar-refractivity contribution in [2.24, 2.45) is 4.99 Å². The van der Waals surface area contributed by atoms with Crippen molar-refractivity contribution in [1.29, 1.82) is 0 Å². The predicted octanol–water partition coefficient (Wildman–Crippen LogP) is 4.43. The molecule has 40 heavy (non-hydrogen) atoms. The molecule has 2 N–H and O–H groups in total. The number of amidine groups is 1. The molecule has 4 heterocycles. The second-order valence-corrected chi connectivity index (χ2v) is 9.65. The standard InChI is InChI=1S/C28H27N7O5/c36-24-12-7-19-17-30-28(34-15-13-22(31-24)27(19)34)18-5-8-20(9-6-18)39-16-4-2-1-3-14-29-21-10-11-23(35(37)38)26-25(21)32-40-33-26/h5-12,17,29H,1-4,13-16H2,(H,31,36). The largest absolute Gasteiger partial charge is 0.494 e. The van der Waals surface area contributed by atoms with Crippen LogP contribution in [0.1, 0.15) is 37.7 Å². The van der Waals surface area contributed by atoms with E-state index in [1.807, 2.05) is 36.5 Å². The van der Waals surface area contributed by atoms with Crippen LogP contribution in [0, 0.1) is 10.1 Å². The molecule has 0 unspecified atom stereocenters. The first-order chi connectivity index (χ1) is 19.6. The van der Waals surface area contributed by atoms with Crippen molar-refractivity contribution >= 4 is 34.2 Å². The number of nitrogens with zero attached hydrogens (tertiary/aromatic N) is 5. The van der Waals surface area contributed by atoms with Gasteiger partial charge in [-0.15, -0.1) is 0 Å². The molecule has 3 aromatic rings. The maximum absolute atomic E-state index is 11.9. The van der Waals surface area contributed by atoms with E-state index in [4.69, 9.17) is 9.37 Å². The molecule has 12 nitrogen and oxygen atoms in total. The highest BCUT2D eigenvalue weighted by atomic mass is 16.6. The molecule has 0 saturated heterocycles. The van der Waals surface area contributed by atoms with E-state index in [0.717, 1.165) is 72.8 Å². The van der Waals surface area contributed by atoms with Crippen LogP contribution < -0.4 is 15.4 Å². The van der Waals surface area contributed by atoms with Gasteiger partial charge in [0.1, 0.15) is 11.6 Å². The molecule has 204 valence electrons. The zero-order valence-corrected chi connectivity index (χ0v) is 21.6. The molecule has 0 bridgehead atoms. The summed E-state index contributed by atoms with van der Waals surface area (Å²) >= 11 is 0. The van der Waals surface area contributed by atoms with Crippen LogP contribution in [0.5, 0.6) is 5.75 Å². The number of anilines is 1. The van der Waals surface area contributed by atoms with E-state index >= 15 is 0 Å². The van der Waals surface area contributed by atoms with Crippen LogP contribution in [-0.2, 0) is 4.79 Å². The molecule has 3 aliphatic rings. The number of carbonyl (C=O) groups excluding carboxylic acids is 1. The van der Waals surface area contributed by atoms with Crippen molar-refractivity contribution in [3.8, 4) is 5.75 Å². The Balaban J connectivity index is 0.938. The van der Waals surface area contributed by atoms with Crippen LogP contribution in [0.4, 0.5) is 11.4 Å². The maximum atomic E-state index is 11.9. The molecular weight excluding hydrogens is 514 g/mol. The number of nitro groups is 1. The second kappa shape index (κ2) is 11.0. The molecule has 3 aliphatic heterocycles. The lowest BCUT2D eigenvalue weighted by atomic mass is 10.1. The Kier molecular flexibility index (Phi) is 6.96. The summed E-state index contributed by atoms with van der Waals surface area (Å²) in [6, 6.07) is 11.0. The zero-order chi connectivity index (χ0) is 27.5. The summed E-state index contributed by atoms with van der Waals surface area (Å²) in [6.07, 6.45) is 9.85. The minimum atomic E-state index is -0.497. The van der Waals surface area contributed by atoms with Crippen LogP contribution in [0.3, 0.4) is 0 Å². The fourth-order valence-electron chi connectivity index (χ4n) is 5.09. The predicted molar refractivity (Wildman–Crippen MR) is 148 cm³/mol. The molecule has 12 heteroatoms. The Labute approximate surface area is 229 Å². The Bertz CT molecular complexity index is 1590. The first-order valence-electron chi connectivity index (χ1n) is 13.2. The Morgan fingerprint density at radius 3 is 2.73 bits per heavy atom. The number of benzene rings is 2. The molecule has 1 amide bonds. The zero-order valence-electron chi connectivity index (χ0n) is 21.6. The van der Waals surface area contributed by atoms with Crippen LogP contribution in [0.15, 0.2) is 81.3 Å². The SMILES string of the molecule is O=C1C=CC2=CN=C(c3ccc(OCCCCCCNc4ccc([N+](=O)[O-])c5nonc45)cc3)N3CCC(=C23)N1. The Morgan fingerprint density at radius 1 is 1.05 bits per heavy atom. The van der Waals surface area contributed by atoms with Gasteiger partial charge >= 0.3 is 5.69 Å². The lowest BCUT2D eigenvalue weighted by molar-refractivity contribution is -0.383. The number of unbranched alkanes of at least 4 members (excludes halogenated alkanes) is 3. The average Bonchev–Trinajstić information content (AvgIpc) is 3.58. The van der Waals surface area contributed by atoms with E-state index < -0.39 is 4.92 Å². The number of nitro benzene ring substituents is 1. The van der Waals surface area contributed by atoms with Crippen molar-refractivity contribution in [3.05, 3.63) is 87.4 Å². The number of aromatic nitrogens is 2. The number of carbonyl (C=O) groups is 1. The second-order valence-electron chi connectivity index (χ2n) is 9.65. The topological polar surface area (TPSA) is 148 Å². The lowest BCUT2D eigenvalue weighted by Gasteiger charge is -2.27. The first-order valence-corrected chi connectivity index (χ1v) is 13.2. The number of aliphatic imine (C=N–C) groups is 1. The maximum Gasteiger partial charge on any atom is 0.300 e. The number of hydrogen-bond donors (Lipinski definition) is 2. The van der Waals surface area contributed by atoms with E-state index in [-0.39, 0.29) is 17.1 Å². The van der Waals surface area contributed by atoms with Crippen molar-refractivity contribution in [1.82, 2.24) is 20.5 Å². The van der Waals surface area contributed by atoms with Crippen LogP contribution in [0.2, 0.25) is 0 Å². The molecule has 0 fully saturated rings. The summed E-state index contributed by atoms with van der Waals surface area (Å²) in [5.74, 6) is 1.58. The van der Waals surface area contributed by atoms with Crippen LogP contribution in [0.25, 0.3) is 11.0 Å². The molecule has 0 saturated carbocycles. The fourth-order valence-corrected chi connectivity index (χ4v) is 5.09. The number of rotatable bonds is 11. The first kappa shape index (κ1) is 25.3. The smallest absolute Gasteiger partial charge is 0.300 e. The minimum Gasteiger partial charge on any atom is -0.494 e. The van der Waals surface area contributed by atoms with E-state index in [1.165, 1.54) is 6.07 Å². The molecule has 2 aromatic carbocycles. The minimum absolute atomic E-state index is 0.104. The van der Waals surface area contributed by atoms with Gasteiger partial charge in [-0.1, -0.05) is 12.8 Å². The van der Waals surface area contributed by atoms with Gasteiger partial charge in [-0.25, -0.2) is 9.62 Å². The van der Waals surface area contributed by atoms with E-state index in [1.54, 1.807) is 12.1 Å². The fraction of sp³-hybridized carbons (Fsp3) is 0.286. The van der Waals surface area contributed by atoms with Crippen molar-refractivity contribution in [3.63, 3.8) is 0 Å². The molecule has 0 radical (unpaired) electrons. The third-order valence-electron chi connectivity index (χ3n) is 7.04. The van der Waals surface area contributed by atoms with Gasteiger partial charge in [-0.2, -0.15) is 0 Å². The Hall–Kier alpha value is -5.00. The summed E-state index contributed by atoms with van der Waals surface area (Å²) in [4.78, 5) is 29.4. The quantitative estimate of drug-likeness (QED) is 0.204. The normalized spacial score (nSPS) is 15.9. The summed E-state index contributed by atoms with van der Waals surface area (Å²) in [5.41, 5.74) is 4.97.